The topological polar surface area (TPSA) is 102 Å². The molecule has 0 aliphatic carbocycles. The standard InChI is InChI=1S/C20H21ClN4O4S/c21-14-5-3-13(4-6-14)17-8-7-15(29-17)10-22-18(26)12-30-20-24-23-19(27)25(20)11-16-2-1-9-28-16/h3-8,16H,1-2,9-12H2,(H,22,26)(H,23,27). The molecule has 10 heteroatoms. The molecule has 1 fully saturated rings. The average Bonchev–Trinajstić information content (AvgIpc) is 3.49. The van der Waals surface area contributed by atoms with E-state index in [1.807, 2.05) is 24.3 Å². The molecule has 1 unspecified atom stereocenters. The van der Waals surface area contributed by atoms with E-state index in [1.165, 1.54) is 16.3 Å². The third-order valence-electron chi connectivity index (χ3n) is 4.72. The largest absolute Gasteiger partial charge is 0.459 e. The number of H-pyrrole nitrogens is 1. The van der Waals surface area contributed by atoms with Crippen molar-refractivity contribution in [3.63, 3.8) is 0 Å². The van der Waals surface area contributed by atoms with Crippen molar-refractivity contribution in [1.29, 1.82) is 0 Å². The van der Waals surface area contributed by atoms with Crippen LogP contribution in [0.25, 0.3) is 11.3 Å². The highest BCUT2D eigenvalue weighted by atomic mass is 35.5. The maximum atomic E-state index is 12.2. The number of thioether (sulfide) groups is 1. The summed E-state index contributed by atoms with van der Waals surface area (Å²) in [5.41, 5.74) is 0.619. The van der Waals surface area contributed by atoms with Gasteiger partial charge in [0.05, 0.1) is 24.9 Å². The van der Waals surface area contributed by atoms with Gasteiger partial charge >= 0.3 is 5.69 Å². The normalized spacial score (nSPS) is 16.1. The number of ether oxygens (including phenoxy) is 1. The van der Waals surface area contributed by atoms with Gasteiger partial charge in [-0.1, -0.05) is 23.4 Å². The van der Waals surface area contributed by atoms with Gasteiger partial charge in [-0.3, -0.25) is 9.36 Å². The lowest BCUT2D eigenvalue weighted by atomic mass is 10.2. The van der Waals surface area contributed by atoms with E-state index in [0.29, 0.717) is 34.9 Å². The van der Waals surface area contributed by atoms with Gasteiger partial charge in [-0.15, -0.1) is 5.10 Å². The van der Waals surface area contributed by atoms with Crippen LogP contribution in [-0.2, 0) is 22.6 Å². The van der Waals surface area contributed by atoms with E-state index >= 15 is 0 Å². The first kappa shape index (κ1) is 20.8. The number of aromatic nitrogens is 3. The second-order valence-electron chi connectivity index (χ2n) is 6.90. The fraction of sp³-hybridized carbons (Fsp3) is 0.350. The summed E-state index contributed by atoms with van der Waals surface area (Å²) in [4.78, 5) is 24.2. The van der Waals surface area contributed by atoms with Crippen molar-refractivity contribution in [2.24, 2.45) is 0 Å². The van der Waals surface area contributed by atoms with E-state index in [-0.39, 0.29) is 30.0 Å². The number of amides is 1. The predicted molar refractivity (Wildman–Crippen MR) is 114 cm³/mol. The van der Waals surface area contributed by atoms with Crippen LogP contribution in [0.2, 0.25) is 5.02 Å². The Kier molecular flexibility index (Phi) is 6.61. The van der Waals surface area contributed by atoms with Crippen LogP contribution in [0.3, 0.4) is 0 Å². The maximum absolute atomic E-state index is 12.2. The molecule has 0 spiro atoms. The quantitative estimate of drug-likeness (QED) is 0.513. The second-order valence-corrected chi connectivity index (χ2v) is 8.27. The van der Waals surface area contributed by atoms with Gasteiger partial charge in [0.25, 0.3) is 0 Å². The zero-order chi connectivity index (χ0) is 20.9. The molecule has 158 valence electrons. The van der Waals surface area contributed by atoms with Gasteiger partial charge in [-0.2, -0.15) is 0 Å². The number of carbonyl (C=O) groups is 1. The summed E-state index contributed by atoms with van der Waals surface area (Å²) in [5, 5.41) is 10.4. The minimum absolute atomic E-state index is 0.0160. The molecule has 2 N–H and O–H groups in total. The lowest BCUT2D eigenvalue weighted by Gasteiger charge is -2.10. The third kappa shape index (κ3) is 5.16. The molecule has 1 aliphatic heterocycles. The number of furan rings is 1. The number of nitrogens with one attached hydrogen (secondary N) is 2. The van der Waals surface area contributed by atoms with Gasteiger partial charge < -0.3 is 14.5 Å². The molecule has 0 bridgehead atoms. The molecule has 4 rings (SSSR count). The van der Waals surface area contributed by atoms with Crippen molar-refractivity contribution in [2.75, 3.05) is 12.4 Å². The Morgan fingerprint density at radius 2 is 2.13 bits per heavy atom. The molecule has 2 aromatic heterocycles. The van der Waals surface area contributed by atoms with Crippen LogP contribution in [0.5, 0.6) is 0 Å². The number of carbonyl (C=O) groups excluding carboxylic acids is 1. The fourth-order valence-corrected chi connectivity index (χ4v) is 4.09. The van der Waals surface area contributed by atoms with E-state index in [4.69, 9.17) is 20.8 Å². The first-order chi connectivity index (χ1) is 14.6. The van der Waals surface area contributed by atoms with E-state index in [1.54, 1.807) is 12.1 Å². The van der Waals surface area contributed by atoms with E-state index in [2.05, 4.69) is 15.5 Å². The molecule has 1 saturated heterocycles. The van der Waals surface area contributed by atoms with Gasteiger partial charge in [0.2, 0.25) is 5.91 Å². The Morgan fingerprint density at radius 1 is 1.30 bits per heavy atom. The highest BCUT2D eigenvalue weighted by Crippen LogP contribution is 2.24. The predicted octanol–water partition coefficient (Wildman–Crippen LogP) is 3.07. The molecule has 30 heavy (non-hydrogen) atoms. The van der Waals surface area contributed by atoms with Crippen LogP contribution in [0.4, 0.5) is 0 Å². The molecule has 3 heterocycles. The Morgan fingerprint density at radius 3 is 2.90 bits per heavy atom. The molecule has 1 atom stereocenters. The molecular weight excluding hydrogens is 428 g/mol. The monoisotopic (exact) mass is 448 g/mol. The Labute approximate surface area is 181 Å². The first-order valence-corrected chi connectivity index (χ1v) is 11.0. The van der Waals surface area contributed by atoms with Crippen molar-refractivity contribution < 1.29 is 13.9 Å². The number of halogens is 1. The summed E-state index contributed by atoms with van der Waals surface area (Å²) in [5.74, 6) is 1.32. The summed E-state index contributed by atoms with van der Waals surface area (Å²) >= 11 is 7.11. The van der Waals surface area contributed by atoms with Gasteiger partial charge in [-0.25, -0.2) is 9.89 Å². The molecule has 1 amide bonds. The van der Waals surface area contributed by atoms with Crippen molar-refractivity contribution >= 4 is 29.3 Å². The average molecular weight is 449 g/mol. The van der Waals surface area contributed by atoms with Crippen molar-refractivity contribution in [3.8, 4) is 11.3 Å². The number of rotatable bonds is 8. The van der Waals surface area contributed by atoms with Crippen molar-refractivity contribution in [2.45, 2.75) is 37.2 Å². The third-order valence-corrected chi connectivity index (χ3v) is 5.94. The smallest absolute Gasteiger partial charge is 0.344 e. The Hall–Kier alpha value is -2.49. The summed E-state index contributed by atoms with van der Waals surface area (Å²) in [7, 11) is 0. The molecule has 3 aromatic rings. The number of hydrogen-bond acceptors (Lipinski definition) is 6. The van der Waals surface area contributed by atoms with Crippen LogP contribution >= 0.6 is 23.4 Å². The van der Waals surface area contributed by atoms with Crippen LogP contribution < -0.4 is 11.0 Å². The number of benzene rings is 1. The molecule has 1 aliphatic rings. The van der Waals surface area contributed by atoms with E-state index < -0.39 is 0 Å². The maximum Gasteiger partial charge on any atom is 0.344 e. The lowest BCUT2D eigenvalue weighted by Crippen LogP contribution is -2.26. The van der Waals surface area contributed by atoms with Gasteiger partial charge in [0.15, 0.2) is 5.16 Å². The highest BCUT2D eigenvalue weighted by molar-refractivity contribution is 7.99. The SMILES string of the molecule is O=C(CSc1n[nH]c(=O)n1CC1CCCO1)NCc1ccc(-c2ccc(Cl)cc2)o1. The fourth-order valence-electron chi connectivity index (χ4n) is 3.18. The lowest BCUT2D eigenvalue weighted by molar-refractivity contribution is -0.118. The number of hydrogen-bond donors (Lipinski definition) is 2. The first-order valence-electron chi connectivity index (χ1n) is 9.59. The van der Waals surface area contributed by atoms with Gasteiger partial charge in [0.1, 0.15) is 11.5 Å². The zero-order valence-corrected chi connectivity index (χ0v) is 17.7. The summed E-state index contributed by atoms with van der Waals surface area (Å²) < 4.78 is 12.9. The number of nitrogens with zero attached hydrogens (tertiary/aromatic N) is 2. The highest BCUT2D eigenvalue weighted by Gasteiger charge is 2.20. The van der Waals surface area contributed by atoms with Crippen LogP contribution in [-0.4, -0.2) is 39.1 Å². The van der Waals surface area contributed by atoms with Gasteiger partial charge in [0, 0.05) is 17.2 Å². The molecular formula is C20H21ClN4O4S. The van der Waals surface area contributed by atoms with Gasteiger partial charge in [-0.05, 0) is 49.2 Å². The molecule has 1 aromatic carbocycles. The molecule has 8 nitrogen and oxygen atoms in total. The summed E-state index contributed by atoms with van der Waals surface area (Å²) in [6.07, 6.45) is 1.93. The molecule has 0 saturated carbocycles. The van der Waals surface area contributed by atoms with Crippen LogP contribution in [0, 0.1) is 0 Å². The minimum atomic E-state index is -0.293. The van der Waals surface area contributed by atoms with Crippen LogP contribution in [0.15, 0.2) is 50.8 Å². The number of aromatic amines is 1. The Bertz CT molecular complexity index is 1050. The van der Waals surface area contributed by atoms with Crippen LogP contribution in [0.1, 0.15) is 18.6 Å². The second kappa shape index (κ2) is 9.55. The Balaban J connectivity index is 1.28. The van der Waals surface area contributed by atoms with Crippen molar-refractivity contribution in [1.82, 2.24) is 20.1 Å². The van der Waals surface area contributed by atoms with E-state index in [9.17, 15) is 9.59 Å². The zero-order valence-electron chi connectivity index (χ0n) is 16.1. The van der Waals surface area contributed by atoms with Crippen molar-refractivity contribution in [3.05, 3.63) is 57.7 Å². The minimum Gasteiger partial charge on any atom is -0.459 e. The summed E-state index contributed by atoms with van der Waals surface area (Å²) in [6.45, 7) is 1.43. The summed E-state index contributed by atoms with van der Waals surface area (Å²) in [6, 6.07) is 11.0. The molecule has 0 radical (unpaired) electrons. The van der Waals surface area contributed by atoms with E-state index in [0.717, 1.165) is 18.4 Å².